The van der Waals surface area contributed by atoms with Crippen LogP contribution in [0.15, 0.2) is 47.7 Å². The largest absolute Gasteiger partial charge is 0.356 e. The first kappa shape index (κ1) is 19.9. The van der Waals surface area contributed by atoms with Gasteiger partial charge in [-0.25, -0.2) is 0 Å². The molecule has 0 spiro atoms. The lowest BCUT2D eigenvalue weighted by molar-refractivity contribution is -0.119. The van der Waals surface area contributed by atoms with Crippen molar-refractivity contribution in [2.24, 2.45) is 10.9 Å². The Balaban J connectivity index is 1.41. The van der Waals surface area contributed by atoms with Gasteiger partial charge in [0.05, 0.1) is 0 Å². The van der Waals surface area contributed by atoms with E-state index >= 15 is 0 Å². The van der Waals surface area contributed by atoms with Crippen LogP contribution in [0.1, 0.15) is 37.7 Å². The van der Waals surface area contributed by atoms with Crippen LogP contribution in [-0.2, 0) is 17.9 Å². The highest BCUT2D eigenvalue weighted by Gasteiger charge is 2.22. The van der Waals surface area contributed by atoms with Crippen LogP contribution >= 0.6 is 0 Å². The highest BCUT2D eigenvalue weighted by molar-refractivity contribution is 5.92. The zero-order chi connectivity index (χ0) is 19.6. The Morgan fingerprint density at radius 1 is 1.25 bits per heavy atom. The van der Waals surface area contributed by atoms with Crippen molar-refractivity contribution >= 4 is 17.6 Å². The van der Waals surface area contributed by atoms with Crippen LogP contribution in [0.5, 0.6) is 0 Å². The third kappa shape index (κ3) is 6.11. The fraction of sp³-hybridized carbons (Fsp3) is 0.476. The Morgan fingerprint density at radius 3 is 2.86 bits per heavy atom. The summed E-state index contributed by atoms with van der Waals surface area (Å²) in [5, 5.41) is 13.9. The number of amides is 1. The van der Waals surface area contributed by atoms with E-state index in [-0.39, 0.29) is 11.8 Å². The van der Waals surface area contributed by atoms with Gasteiger partial charge in [-0.3, -0.25) is 14.5 Å². The predicted molar refractivity (Wildman–Crippen MR) is 112 cm³/mol. The fourth-order valence-electron chi connectivity index (χ4n) is 3.48. The predicted octanol–water partition coefficient (Wildman–Crippen LogP) is 2.77. The molecule has 0 unspecified atom stereocenters. The second-order valence-electron chi connectivity index (χ2n) is 7.15. The minimum atomic E-state index is 0.150. The minimum absolute atomic E-state index is 0.150. The van der Waals surface area contributed by atoms with Crippen molar-refractivity contribution in [2.45, 2.75) is 45.2 Å². The molecule has 150 valence electrons. The van der Waals surface area contributed by atoms with E-state index < -0.39 is 0 Å². The van der Waals surface area contributed by atoms with Crippen LogP contribution in [0.4, 0.5) is 5.69 Å². The number of aromatic nitrogens is 2. The van der Waals surface area contributed by atoms with Gasteiger partial charge in [-0.05, 0) is 43.0 Å². The number of carbonyl (C=O) groups excluding carboxylic acids is 1. The summed E-state index contributed by atoms with van der Waals surface area (Å²) in [5.74, 6) is 1.09. The van der Waals surface area contributed by atoms with Crippen molar-refractivity contribution in [3.8, 4) is 0 Å². The number of benzene rings is 1. The number of nitrogens with zero attached hydrogens (tertiary/aromatic N) is 3. The summed E-state index contributed by atoms with van der Waals surface area (Å²) in [6.45, 7) is 2.34. The number of rotatable bonds is 8. The van der Waals surface area contributed by atoms with Crippen molar-refractivity contribution < 1.29 is 4.79 Å². The quantitative estimate of drug-likeness (QED) is 0.372. The van der Waals surface area contributed by atoms with Crippen LogP contribution in [0.2, 0.25) is 0 Å². The summed E-state index contributed by atoms with van der Waals surface area (Å²) in [6.07, 6.45) is 9.06. The zero-order valence-corrected chi connectivity index (χ0v) is 16.5. The molecule has 3 N–H and O–H groups in total. The van der Waals surface area contributed by atoms with Crippen LogP contribution in [0.25, 0.3) is 0 Å². The van der Waals surface area contributed by atoms with Gasteiger partial charge in [-0.15, -0.1) is 0 Å². The monoisotopic (exact) mass is 382 g/mol. The van der Waals surface area contributed by atoms with Gasteiger partial charge in [0.1, 0.15) is 0 Å². The van der Waals surface area contributed by atoms with E-state index in [0.717, 1.165) is 62.4 Å². The van der Waals surface area contributed by atoms with E-state index in [4.69, 9.17) is 0 Å². The first-order chi connectivity index (χ1) is 13.7. The molecule has 1 fully saturated rings. The van der Waals surface area contributed by atoms with Crippen LogP contribution < -0.4 is 16.0 Å². The highest BCUT2D eigenvalue weighted by Crippen LogP contribution is 2.26. The molecule has 2 aromatic rings. The molecular formula is C21H30N6O. The van der Waals surface area contributed by atoms with E-state index in [1.54, 1.807) is 13.2 Å². The Kier molecular flexibility index (Phi) is 7.46. The molecule has 3 rings (SSSR count). The van der Waals surface area contributed by atoms with Crippen LogP contribution in [-0.4, -0.2) is 35.2 Å². The zero-order valence-electron chi connectivity index (χ0n) is 16.5. The van der Waals surface area contributed by atoms with Crippen molar-refractivity contribution in [3.63, 3.8) is 0 Å². The van der Waals surface area contributed by atoms with Crippen LogP contribution in [0, 0.1) is 5.92 Å². The average molecular weight is 383 g/mol. The average Bonchev–Trinajstić information content (AvgIpc) is 3.42. The molecule has 1 heterocycles. The summed E-state index contributed by atoms with van der Waals surface area (Å²) < 4.78 is 1.92. The van der Waals surface area contributed by atoms with Gasteiger partial charge in [-0.2, -0.15) is 5.10 Å². The number of hydrogen-bond acceptors (Lipinski definition) is 3. The Hall–Kier alpha value is -2.83. The van der Waals surface area contributed by atoms with E-state index in [1.165, 1.54) is 0 Å². The van der Waals surface area contributed by atoms with Crippen molar-refractivity contribution in [1.29, 1.82) is 0 Å². The van der Waals surface area contributed by atoms with E-state index in [9.17, 15) is 4.79 Å². The molecule has 28 heavy (non-hydrogen) atoms. The summed E-state index contributed by atoms with van der Waals surface area (Å²) in [6, 6.07) is 9.91. The van der Waals surface area contributed by atoms with Gasteiger partial charge in [0.25, 0.3) is 0 Å². The summed E-state index contributed by atoms with van der Waals surface area (Å²) in [7, 11) is 1.76. The number of hydrogen-bond donors (Lipinski definition) is 3. The lowest BCUT2D eigenvalue weighted by Gasteiger charge is -2.14. The van der Waals surface area contributed by atoms with Gasteiger partial charge in [0.2, 0.25) is 5.91 Å². The molecule has 0 aliphatic heterocycles. The third-order valence-electron chi connectivity index (χ3n) is 5.02. The molecular weight excluding hydrogens is 352 g/mol. The highest BCUT2D eigenvalue weighted by atomic mass is 16.1. The van der Waals surface area contributed by atoms with Gasteiger partial charge < -0.3 is 16.0 Å². The SMILES string of the molecule is CN=C(NCCCn1cccn1)NCc1cccc(NC(=O)C2CCCC2)c1. The lowest BCUT2D eigenvalue weighted by atomic mass is 10.1. The summed E-state index contributed by atoms with van der Waals surface area (Å²) in [5.41, 5.74) is 1.96. The van der Waals surface area contributed by atoms with Crippen molar-refractivity contribution in [2.75, 3.05) is 18.9 Å². The van der Waals surface area contributed by atoms with Gasteiger partial charge in [0.15, 0.2) is 5.96 Å². The van der Waals surface area contributed by atoms with E-state index in [0.29, 0.717) is 6.54 Å². The molecule has 1 amide bonds. The summed E-state index contributed by atoms with van der Waals surface area (Å²) in [4.78, 5) is 16.6. The maximum absolute atomic E-state index is 12.3. The molecule has 1 aliphatic carbocycles. The Morgan fingerprint density at radius 2 is 2.11 bits per heavy atom. The molecule has 1 aromatic heterocycles. The first-order valence-corrected chi connectivity index (χ1v) is 10.1. The van der Waals surface area contributed by atoms with Crippen LogP contribution in [0.3, 0.4) is 0 Å². The van der Waals surface area contributed by atoms with Gasteiger partial charge in [-0.1, -0.05) is 25.0 Å². The lowest BCUT2D eigenvalue weighted by Crippen LogP contribution is -2.37. The second kappa shape index (κ2) is 10.5. The molecule has 0 bridgehead atoms. The fourth-order valence-corrected chi connectivity index (χ4v) is 3.48. The first-order valence-electron chi connectivity index (χ1n) is 10.1. The standard InChI is InChI=1S/C21H30N6O/c1-22-21(23-11-5-13-27-14-6-12-25-27)24-16-17-7-4-10-19(15-17)26-20(28)18-8-2-3-9-18/h4,6-7,10,12,14-15,18H,2-3,5,8-9,11,13,16H2,1H3,(H,26,28)(H2,22,23,24). The van der Waals surface area contributed by atoms with Crippen molar-refractivity contribution in [3.05, 3.63) is 48.3 Å². The van der Waals surface area contributed by atoms with Gasteiger partial charge in [0, 0.05) is 50.7 Å². The maximum Gasteiger partial charge on any atom is 0.227 e. The number of guanidine groups is 1. The Labute approximate surface area is 166 Å². The number of aliphatic imine (C=N–C) groups is 1. The summed E-state index contributed by atoms with van der Waals surface area (Å²) >= 11 is 0. The number of carbonyl (C=O) groups is 1. The molecule has 0 saturated heterocycles. The molecule has 1 aliphatic rings. The van der Waals surface area contributed by atoms with E-state index in [2.05, 4.69) is 26.0 Å². The molecule has 1 saturated carbocycles. The maximum atomic E-state index is 12.3. The Bertz CT molecular complexity index is 765. The topological polar surface area (TPSA) is 83.3 Å². The molecule has 7 nitrogen and oxygen atoms in total. The van der Waals surface area contributed by atoms with Gasteiger partial charge >= 0.3 is 0 Å². The van der Waals surface area contributed by atoms with Crippen molar-refractivity contribution in [1.82, 2.24) is 20.4 Å². The molecule has 7 heteroatoms. The molecule has 0 atom stereocenters. The smallest absolute Gasteiger partial charge is 0.227 e. The molecule has 1 aromatic carbocycles. The number of aryl methyl sites for hydroxylation is 1. The minimum Gasteiger partial charge on any atom is -0.356 e. The normalized spacial score (nSPS) is 14.8. The molecule has 0 radical (unpaired) electrons. The third-order valence-corrected chi connectivity index (χ3v) is 5.02. The number of anilines is 1. The number of nitrogens with one attached hydrogen (secondary N) is 3. The second-order valence-corrected chi connectivity index (χ2v) is 7.15. The van der Waals surface area contributed by atoms with E-state index in [1.807, 2.05) is 41.2 Å².